The first-order valence-corrected chi connectivity index (χ1v) is 14.5. The van der Waals surface area contributed by atoms with E-state index in [9.17, 15) is 4.79 Å². The lowest BCUT2D eigenvalue weighted by molar-refractivity contribution is 0.0586. The van der Waals surface area contributed by atoms with Gasteiger partial charge in [0.25, 0.3) is 5.91 Å². The first-order chi connectivity index (χ1) is 18.1. The molecule has 2 saturated heterocycles. The molecule has 1 unspecified atom stereocenters. The number of piperazine rings is 1. The Morgan fingerprint density at radius 3 is 2.54 bits per heavy atom. The van der Waals surface area contributed by atoms with E-state index in [1.807, 2.05) is 12.4 Å². The summed E-state index contributed by atoms with van der Waals surface area (Å²) in [5, 5.41) is 8.66. The van der Waals surface area contributed by atoms with Gasteiger partial charge in [-0.15, -0.1) is 0 Å². The van der Waals surface area contributed by atoms with E-state index in [-0.39, 0.29) is 5.91 Å². The maximum atomic E-state index is 13.7. The second kappa shape index (κ2) is 12.5. The van der Waals surface area contributed by atoms with E-state index in [4.69, 9.17) is 5.10 Å². The predicted molar refractivity (Wildman–Crippen MR) is 147 cm³/mol. The molecule has 8 nitrogen and oxygen atoms in total. The number of likely N-dealkylation sites (tertiary alicyclic amines) is 1. The average molecular weight is 508 g/mol. The average Bonchev–Trinajstić information content (AvgIpc) is 3.28. The Morgan fingerprint density at radius 1 is 1.05 bits per heavy atom. The van der Waals surface area contributed by atoms with Crippen LogP contribution in [-0.4, -0.2) is 101 Å². The summed E-state index contributed by atoms with van der Waals surface area (Å²) in [6.07, 6.45) is 11.3. The van der Waals surface area contributed by atoms with Gasteiger partial charge in [-0.25, -0.2) is 0 Å². The fourth-order valence-corrected chi connectivity index (χ4v) is 6.29. The van der Waals surface area contributed by atoms with Crippen molar-refractivity contribution in [1.29, 1.82) is 0 Å². The Morgan fingerprint density at radius 2 is 1.81 bits per heavy atom. The highest BCUT2D eigenvalue weighted by Crippen LogP contribution is 2.27. The van der Waals surface area contributed by atoms with Crippen LogP contribution in [0.15, 0.2) is 24.5 Å². The number of fused-ring (bicyclic) bond motifs is 1. The number of rotatable bonds is 9. The first-order valence-electron chi connectivity index (χ1n) is 14.5. The van der Waals surface area contributed by atoms with Gasteiger partial charge in [0.05, 0.1) is 0 Å². The molecule has 2 aromatic heterocycles. The molecule has 0 bridgehead atoms. The number of nitrogens with one attached hydrogen (secondary N) is 1. The molecule has 202 valence electrons. The summed E-state index contributed by atoms with van der Waals surface area (Å²) >= 11 is 0. The smallest absolute Gasteiger partial charge is 0.274 e. The van der Waals surface area contributed by atoms with Crippen molar-refractivity contribution in [2.75, 3.05) is 59.4 Å². The second-order valence-electron chi connectivity index (χ2n) is 11.3. The van der Waals surface area contributed by atoms with Crippen LogP contribution in [0.1, 0.15) is 59.9 Å². The van der Waals surface area contributed by atoms with E-state index in [0.717, 1.165) is 77.3 Å². The molecule has 1 atom stereocenters. The molecule has 4 heterocycles. The number of piperidine rings is 1. The number of hydrogen-bond acceptors (Lipinski definition) is 6. The summed E-state index contributed by atoms with van der Waals surface area (Å²) in [6.45, 7) is 11.2. The predicted octanol–water partition coefficient (Wildman–Crippen LogP) is 2.48. The first kappa shape index (κ1) is 26.3. The quantitative estimate of drug-likeness (QED) is 0.563. The van der Waals surface area contributed by atoms with Crippen LogP contribution in [0.25, 0.3) is 0 Å². The molecule has 1 N–H and O–H groups in total. The third-order valence-corrected chi connectivity index (χ3v) is 8.59. The summed E-state index contributed by atoms with van der Waals surface area (Å²) < 4.78 is 2.13. The van der Waals surface area contributed by atoms with E-state index in [1.54, 1.807) is 0 Å². The van der Waals surface area contributed by atoms with E-state index in [1.165, 1.54) is 49.3 Å². The summed E-state index contributed by atoms with van der Waals surface area (Å²) in [5.41, 5.74) is 4.51. The third kappa shape index (κ3) is 6.59. The number of carbonyl (C=O) groups is 1. The zero-order chi connectivity index (χ0) is 25.6. The Balaban J connectivity index is 1.18. The monoisotopic (exact) mass is 507 g/mol. The Bertz CT molecular complexity index is 1010. The van der Waals surface area contributed by atoms with Gasteiger partial charge in [-0.05, 0) is 95.2 Å². The van der Waals surface area contributed by atoms with Crippen LogP contribution < -0.4 is 5.32 Å². The van der Waals surface area contributed by atoms with Crippen LogP contribution in [0.4, 0.5) is 0 Å². The minimum Gasteiger partial charge on any atom is -0.335 e. The van der Waals surface area contributed by atoms with E-state index >= 15 is 0 Å². The summed E-state index contributed by atoms with van der Waals surface area (Å²) in [6, 6.07) is 4.56. The van der Waals surface area contributed by atoms with Gasteiger partial charge in [0.2, 0.25) is 0 Å². The number of carbonyl (C=O) groups excluding carboxylic acids is 1. The molecule has 3 aliphatic rings. The number of amides is 1. The molecule has 5 rings (SSSR count). The summed E-state index contributed by atoms with van der Waals surface area (Å²) in [7, 11) is 2.22. The van der Waals surface area contributed by atoms with Crippen LogP contribution in [0.5, 0.6) is 0 Å². The Kier molecular flexibility index (Phi) is 8.89. The molecule has 0 saturated carbocycles. The molecule has 8 heteroatoms. The normalized spacial score (nSPS) is 21.8. The fraction of sp³-hybridized carbons (Fsp3) is 0.690. The van der Waals surface area contributed by atoms with Gasteiger partial charge in [-0.1, -0.05) is 6.92 Å². The molecule has 2 aromatic rings. The molecule has 1 aliphatic carbocycles. The van der Waals surface area contributed by atoms with Crippen molar-refractivity contribution in [3.63, 3.8) is 0 Å². The van der Waals surface area contributed by atoms with E-state index in [0.29, 0.717) is 11.7 Å². The lowest BCUT2D eigenvalue weighted by Gasteiger charge is -2.38. The highest BCUT2D eigenvalue weighted by Gasteiger charge is 2.32. The maximum Gasteiger partial charge on any atom is 0.274 e. The lowest BCUT2D eigenvalue weighted by Crippen LogP contribution is -2.50. The molecule has 37 heavy (non-hydrogen) atoms. The molecule has 1 amide bonds. The van der Waals surface area contributed by atoms with E-state index in [2.05, 4.69) is 55.8 Å². The molecule has 0 radical (unpaired) electrons. The van der Waals surface area contributed by atoms with Crippen LogP contribution in [-0.2, 0) is 25.8 Å². The lowest BCUT2D eigenvalue weighted by atomic mass is 9.90. The Labute approximate surface area is 222 Å². The largest absolute Gasteiger partial charge is 0.335 e. The van der Waals surface area contributed by atoms with Gasteiger partial charge in [0.1, 0.15) is 0 Å². The molecule has 0 spiro atoms. The standard InChI is InChI=1S/C29H45N7O/c1-3-14-36-27-5-4-25(31-13-8-23-6-11-30-12-7-23)21-26(27)28(32-36)29(37)35-19-17-34(18-20-35)22-24-9-15-33(2)16-10-24/h6-7,11-12,24-25,31H,3-5,8-10,13-22H2,1-2H3. The summed E-state index contributed by atoms with van der Waals surface area (Å²) in [4.78, 5) is 24.9. The van der Waals surface area contributed by atoms with Crippen molar-refractivity contribution in [3.05, 3.63) is 47.0 Å². The molecule has 2 aliphatic heterocycles. The second-order valence-corrected chi connectivity index (χ2v) is 11.3. The number of aryl methyl sites for hydroxylation is 1. The van der Waals surface area contributed by atoms with Crippen molar-refractivity contribution >= 4 is 5.91 Å². The van der Waals surface area contributed by atoms with Gasteiger partial charge in [-0.3, -0.25) is 19.4 Å². The number of pyridine rings is 1. The third-order valence-electron chi connectivity index (χ3n) is 8.59. The van der Waals surface area contributed by atoms with Gasteiger partial charge in [-0.2, -0.15) is 5.10 Å². The van der Waals surface area contributed by atoms with Crippen LogP contribution in [0, 0.1) is 5.92 Å². The number of nitrogens with zero attached hydrogens (tertiary/aromatic N) is 6. The SMILES string of the molecule is CCCn1nc(C(=O)N2CCN(CC3CCN(C)CC3)CC2)c2c1CCC(NCCc1ccncc1)C2. The Hall–Kier alpha value is -2.29. The minimum absolute atomic E-state index is 0.141. The zero-order valence-electron chi connectivity index (χ0n) is 22.9. The van der Waals surface area contributed by atoms with Gasteiger partial charge in [0.15, 0.2) is 5.69 Å². The number of aromatic nitrogens is 3. The molecular weight excluding hydrogens is 462 g/mol. The molecular formula is C29H45N7O. The maximum absolute atomic E-state index is 13.7. The van der Waals surface area contributed by atoms with Crippen molar-refractivity contribution < 1.29 is 4.79 Å². The molecule has 2 fully saturated rings. The minimum atomic E-state index is 0.141. The van der Waals surface area contributed by atoms with Crippen molar-refractivity contribution in [2.45, 2.75) is 64.5 Å². The molecule has 0 aromatic carbocycles. The van der Waals surface area contributed by atoms with Crippen LogP contribution >= 0.6 is 0 Å². The fourth-order valence-electron chi connectivity index (χ4n) is 6.29. The van der Waals surface area contributed by atoms with Gasteiger partial charge >= 0.3 is 0 Å². The highest BCUT2D eigenvalue weighted by molar-refractivity contribution is 5.94. The number of hydrogen-bond donors (Lipinski definition) is 1. The van der Waals surface area contributed by atoms with Crippen LogP contribution in [0.2, 0.25) is 0 Å². The van der Waals surface area contributed by atoms with E-state index < -0.39 is 0 Å². The van der Waals surface area contributed by atoms with Gasteiger partial charge in [0, 0.05) is 69.0 Å². The summed E-state index contributed by atoms with van der Waals surface area (Å²) in [5.74, 6) is 0.945. The van der Waals surface area contributed by atoms with Crippen molar-refractivity contribution in [1.82, 2.24) is 34.8 Å². The zero-order valence-corrected chi connectivity index (χ0v) is 22.9. The topological polar surface area (TPSA) is 69.5 Å². The van der Waals surface area contributed by atoms with Gasteiger partial charge < -0.3 is 15.1 Å². The highest BCUT2D eigenvalue weighted by atomic mass is 16.2. The van der Waals surface area contributed by atoms with Crippen molar-refractivity contribution in [2.24, 2.45) is 5.92 Å². The van der Waals surface area contributed by atoms with Crippen LogP contribution in [0.3, 0.4) is 0 Å². The van der Waals surface area contributed by atoms with Crippen molar-refractivity contribution in [3.8, 4) is 0 Å².